The van der Waals surface area contributed by atoms with Crippen molar-refractivity contribution >= 4 is 28.1 Å². The normalized spacial score (nSPS) is 22.2. The number of carbonyl (C=O) groups excluding carboxylic acids is 1. The van der Waals surface area contributed by atoms with Gasteiger partial charge in [-0.1, -0.05) is 36.4 Å². The number of nitrogens with zero attached hydrogens (tertiary/aromatic N) is 1. The number of Topliss-reactive ketones (excluding diaryl/α,β-unsaturated/α-hetero) is 1. The number of aromatic nitrogens is 1. The van der Waals surface area contributed by atoms with Crippen molar-refractivity contribution in [2.24, 2.45) is 4.99 Å². The van der Waals surface area contributed by atoms with Crippen LogP contribution < -0.4 is 0 Å². The molecule has 0 amide bonds. The molecule has 2 heterocycles. The molecule has 22 heavy (non-hydrogen) atoms. The van der Waals surface area contributed by atoms with E-state index < -0.39 is 5.60 Å². The van der Waals surface area contributed by atoms with Gasteiger partial charge in [0, 0.05) is 16.5 Å². The number of aliphatic imine (C=N–C) groups is 1. The Morgan fingerprint density at radius 3 is 2.77 bits per heavy atom. The van der Waals surface area contributed by atoms with E-state index in [1.54, 1.807) is 0 Å². The molecule has 2 N–H and O–H groups in total. The first-order valence-electron chi connectivity index (χ1n) is 7.24. The van der Waals surface area contributed by atoms with Crippen LogP contribution in [0.3, 0.4) is 0 Å². The van der Waals surface area contributed by atoms with E-state index in [1.807, 2.05) is 48.5 Å². The van der Waals surface area contributed by atoms with Gasteiger partial charge >= 0.3 is 0 Å². The van der Waals surface area contributed by atoms with E-state index in [-0.39, 0.29) is 12.2 Å². The zero-order valence-corrected chi connectivity index (χ0v) is 11.6. The summed E-state index contributed by atoms with van der Waals surface area (Å²) in [6.45, 7) is 0. The fourth-order valence-electron chi connectivity index (χ4n) is 3.63. The van der Waals surface area contributed by atoms with Crippen LogP contribution in [0.2, 0.25) is 0 Å². The van der Waals surface area contributed by atoms with E-state index in [1.165, 1.54) is 0 Å². The molecule has 0 bridgehead atoms. The summed E-state index contributed by atoms with van der Waals surface area (Å²) >= 11 is 0. The number of aliphatic hydroxyl groups is 1. The van der Waals surface area contributed by atoms with E-state index >= 15 is 0 Å². The minimum absolute atomic E-state index is 0.0394. The summed E-state index contributed by atoms with van der Waals surface area (Å²) in [7, 11) is 0. The Kier molecular flexibility index (Phi) is 2.01. The van der Waals surface area contributed by atoms with Crippen LogP contribution in [-0.2, 0) is 5.60 Å². The Morgan fingerprint density at radius 1 is 1.09 bits per heavy atom. The van der Waals surface area contributed by atoms with Crippen LogP contribution in [0.4, 0.5) is 5.69 Å². The third kappa shape index (κ3) is 1.26. The average Bonchev–Trinajstić information content (AvgIpc) is 3.04. The van der Waals surface area contributed by atoms with Gasteiger partial charge in [0.05, 0.1) is 23.4 Å². The van der Waals surface area contributed by atoms with Crippen molar-refractivity contribution in [3.8, 4) is 0 Å². The lowest BCUT2D eigenvalue weighted by atomic mass is 9.77. The zero-order chi connectivity index (χ0) is 14.9. The monoisotopic (exact) mass is 288 g/mol. The summed E-state index contributed by atoms with van der Waals surface area (Å²) in [6, 6.07) is 15.1. The lowest BCUT2D eigenvalue weighted by Crippen LogP contribution is -2.40. The van der Waals surface area contributed by atoms with Crippen molar-refractivity contribution < 1.29 is 9.90 Å². The molecule has 0 fully saturated rings. The van der Waals surface area contributed by atoms with Crippen LogP contribution in [0.25, 0.3) is 10.9 Å². The highest BCUT2D eigenvalue weighted by Crippen LogP contribution is 2.47. The van der Waals surface area contributed by atoms with Gasteiger partial charge in [-0.3, -0.25) is 4.79 Å². The molecule has 1 aliphatic carbocycles. The number of hydrogen-bond acceptors (Lipinski definition) is 3. The van der Waals surface area contributed by atoms with E-state index in [0.29, 0.717) is 22.5 Å². The highest BCUT2D eigenvalue weighted by molar-refractivity contribution is 6.26. The molecule has 1 atom stereocenters. The van der Waals surface area contributed by atoms with Gasteiger partial charge in [-0.25, -0.2) is 4.99 Å². The predicted octanol–water partition coefficient (Wildman–Crippen LogP) is 3.08. The van der Waals surface area contributed by atoms with Crippen LogP contribution in [-0.4, -0.2) is 21.6 Å². The fraction of sp³-hybridized carbons (Fsp3) is 0.111. The second-order valence-corrected chi connectivity index (χ2v) is 5.86. The average molecular weight is 288 g/mol. The summed E-state index contributed by atoms with van der Waals surface area (Å²) in [5.74, 6) is -0.0504. The lowest BCUT2D eigenvalue weighted by Gasteiger charge is -2.29. The summed E-state index contributed by atoms with van der Waals surface area (Å²) in [4.78, 5) is 20.5. The summed E-state index contributed by atoms with van der Waals surface area (Å²) in [5.41, 5.74) is 2.87. The molecular weight excluding hydrogens is 276 g/mol. The van der Waals surface area contributed by atoms with Crippen LogP contribution >= 0.6 is 0 Å². The van der Waals surface area contributed by atoms with Gasteiger partial charge < -0.3 is 10.1 Å². The maximum absolute atomic E-state index is 12.7. The van der Waals surface area contributed by atoms with Crippen LogP contribution in [0.1, 0.15) is 28.0 Å². The zero-order valence-electron chi connectivity index (χ0n) is 11.6. The summed E-state index contributed by atoms with van der Waals surface area (Å²) in [5, 5.41) is 12.0. The Hall–Kier alpha value is -2.72. The number of benzene rings is 2. The van der Waals surface area contributed by atoms with Gasteiger partial charge in [0.15, 0.2) is 5.78 Å². The van der Waals surface area contributed by atoms with Crippen molar-refractivity contribution in [2.45, 2.75) is 12.0 Å². The molecule has 106 valence electrons. The summed E-state index contributed by atoms with van der Waals surface area (Å²) in [6.07, 6.45) is 0.0394. The third-order valence-electron chi connectivity index (χ3n) is 4.61. The first-order valence-corrected chi connectivity index (χ1v) is 7.24. The molecule has 4 heteroatoms. The first kappa shape index (κ1) is 11.9. The van der Waals surface area contributed by atoms with Crippen molar-refractivity contribution in [3.05, 3.63) is 65.4 Å². The Balaban J connectivity index is 1.87. The van der Waals surface area contributed by atoms with E-state index in [0.717, 1.165) is 16.6 Å². The van der Waals surface area contributed by atoms with Gasteiger partial charge in [-0.05, 0) is 12.1 Å². The largest absolute Gasteiger partial charge is 0.378 e. The molecular formula is C18H12N2O2. The van der Waals surface area contributed by atoms with Crippen LogP contribution in [0.5, 0.6) is 0 Å². The molecule has 5 rings (SSSR count). The van der Waals surface area contributed by atoms with E-state index in [4.69, 9.17) is 0 Å². The summed E-state index contributed by atoms with van der Waals surface area (Å²) < 4.78 is 0. The maximum Gasteiger partial charge on any atom is 0.169 e. The number of aromatic amines is 1. The Bertz CT molecular complexity index is 999. The number of H-pyrrole nitrogens is 1. The third-order valence-corrected chi connectivity index (χ3v) is 4.61. The van der Waals surface area contributed by atoms with Gasteiger partial charge in [0.1, 0.15) is 11.3 Å². The molecule has 3 aromatic rings. The minimum atomic E-state index is -1.32. The van der Waals surface area contributed by atoms with Crippen LogP contribution in [0.15, 0.2) is 53.5 Å². The fourth-order valence-corrected chi connectivity index (χ4v) is 3.63. The van der Waals surface area contributed by atoms with E-state index in [2.05, 4.69) is 9.98 Å². The molecule has 0 unspecified atom stereocenters. The van der Waals surface area contributed by atoms with Gasteiger partial charge in [0.25, 0.3) is 0 Å². The van der Waals surface area contributed by atoms with Crippen LogP contribution in [0, 0.1) is 0 Å². The van der Waals surface area contributed by atoms with E-state index in [9.17, 15) is 9.90 Å². The number of para-hydroxylation sites is 2. The predicted molar refractivity (Wildman–Crippen MR) is 83.8 cm³/mol. The second-order valence-electron chi connectivity index (χ2n) is 5.86. The highest BCUT2D eigenvalue weighted by Gasteiger charge is 2.49. The van der Waals surface area contributed by atoms with Crippen molar-refractivity contribution in [1.29, 1.82) is 0 Å². The smallest absolute Gasteiger partial charge is 0.169 e. The molecule has 0 saturated heterocycles. The van der Waals surface area contributed by atoms with Gasteiger partial charge in [0.2, 0.25) is 0 Å². The van der Waals surface area contributed by atoms with Gasteiger partial charge in [-0.15, -0.1) is 0 Å². The van der Waals surface area contributed by atoms with Crippen molar-refractivity contribution in [1.82, 2.24) is 4.98 Å². The topological polar surface area (TPSA) is 65.4 Å². The number of carbonyl (C=O) groups is 1. The molecule has 2 aliphatic rings. The van der Waals surface area contributed by atoms with Gasteiger partial charge in [-0.2, -0.15) is 0 Å². The first-order chi connectivity index (χ1) is 10.7. The molecule has 1 aromatic heterocycles. The maximum atomic E-state index is 12.7. The minimum Gasteiger partial charge on any atom is -0.378 e. The molecule has 1 aliphatic heterocycles. The standard InChI is InChI=1S/C18H12N2O2/c21-14-9-18(22)11-6-2-4-8-13(11)20-17(18)16-15(14)10-5-1-3-7-12(10)19-16/h1-8,19,22H,9H2/t18-/m1/s1. The van der Waals surface area contributed by atoms with Crippen molar-refractivity contribution in [2.75, 3.05) is 0 Å². The number of ketones is 1. The quantitative estimate of drug-likeness (QED) is 0.667. The number of fused-ring (bicyclic) bond motifs is 7. The second kappa shape index (κ2) is 3.72. The molecule has 0 saturated carbocycles. The molecule has 4 nitrogen and oxygen atoms in total. The molecule has 2 aromatic carbocycles. The Morgan fingerprint density at radius 2 is 1.86 bits per heavy atom. The highest BCUT2D eigenvalue weighted by atomic mass is 16.3. The van der Waals surface area contributed by atoms with Crippen molar-refractivity contribution in [3.63, 3.8) is 0 Å². The lowest BCUT2D eigenvalue weighted by molar-refractivity contribution is 0.0725. The number of hydrogen-bond donors (Lipinski definition) is 2. The Labute approximate surface area is 126 Å². The molecule has 0 spiro atoms. The number of rotatable bonds is 0. The SMILES string of the molecule is O=C1C[C@]2(O)C(=Nc3ccccc32)c2[nH]c3ccccc3c21. The molecule has 0 radical (unpaired) electrons. The number of nitrogens with one attached hydrogen (secondary N) is 1.